The molecule has 0 spiro atoms. The lowest BCUT2D eigenvalue weighted by molar-refractivity contribution is 0.103. The maximum Gasteiger partial charge on any atom is 0.273 e. The Labute approximate surface area is 158 Å². The first-order valence-corrected chi connectivity index (χ1v) is 9.10. The first-order chi connectivity index (χ1) is 13.2. The Morgan fingerprint density at radius 1 is 0.926 bits per heavy atom. The van der Waals surface area contributed by atoms with Gasteiger partial charge in [0, 0.05) is 5.56 Å². The number of carbonyl (C=O) groups is 1. The van der Waals surface area contributed by atoms with E-state index in [1.807, 2.05) is 24.3 Å². The Kier molecular flexibility index (Phi) is 4.40. The van der Waals surface area contributed by atoms with E-state index in [0.29, 0.717) is 16.1 Å². The molecule has 0 amide bonds. The number of aromatic nitrogens is 2. The van der Waals surface area contributed by atoms with Gasteiger partial charge in [0.25, 0.3) is 5.56 Å². The molecule has 4 rings (SSSR count). The number of para-hydroxylation sites is 1. The number of thiophene rings is 1. The highest BCUT2D eigenvalue weighted by Gasteiger charge is 2.25. The largest absolute Gasteiger partial charge is 0.493 e. The van der Waals surface area contributed by atoms with E-state index in [0.717, 1.165) is 0 Å². The van der Waals surface area contributed by atoms with Gasteiger partial charge in [-0.25, -0.2) is 0 Å². The molecule has 2 aromatic heterocycles. The molecule has 4 aromatic rings. The second-order valence-electron chi connectivity index (χ2n) is 5.78. The van der Waals surface area contributed by atoms with Crippen LogP contribution in [0.3, 0.4) is 0 Å². The van der Waals surface area contributed by atoms with E-state index in [2.05, 4.69) is 4.98 Å². The molecule has 0 bridgehead atoms. The quantitative estimate of drug-likeness (QED) is 0.550. The number of rotatable bonds is 4. The molecule has 0 aliphatic rings. The summed E-state index contributed by atoms with van der Waals surface area (Å²) >= 11 is 1.21. The fourth-order valence-corrected chi connectivity index (χ4v) is 3.51. The van der Waals surface area contributed by atoms with Crippen LogP contribution in [0.1, 0.15) is 15.2 Å². The molecule has 0 unspecified atom stereocenters. The number of aromatic hydroxyl groups is 1. The van der Waals surface area contributed by atoms with E-state index in [4.69, 9.17) is 0 Å². The van der Waals surface area contributed by atoms with Crippen LogP contribution in [0.15, 0.2) is 83.0 Å². The zero-order valence-electron chi connectivity index (χ0n) is 14.1. The van der Waals surface area contributed by atoms with Crippen molar-refractivity contribution in [1.29, 1.82) is 0 Å². The number of hydrogen-bond donors (Lipinski definition) is 1. The molecule has 0 saturated heterocycles. The first-order valence-electron chi connectivity index (χ1n) is 8.22. The lowest BCUT2D eigenvalue weighted by Gasteiger charge is -2.14. The second kappa shape index (κ2) is 7.01. The van der Waals surface area contributed by atoms with Gasteiger partial charge in [-0.3, -0.25) is 14.2 Å². The van der Waals surface area contributed by atoms with Gasteiger partial charge in [-0.1, -0.05) is 54.6 Å². The van der Waals surface area contributed by atoms with Crippen LogP contribution < -0.4 is 5.56 Å². The highest BCUT2D eigenvalue weighted by atomic mass is 32.1. The monoisotopic (exact) mass is 374 g/mol. The standard InChI is InChI=1S/C21H14N2O3S/c24-18(16-12-7-13-27-16)17-20(25)22-19(14-8-3-1-4-9-14)23(21(17)26)15-10-5-2-6-11-15/h1-13,25H. The zero-order chi connectivity index (χ0) is 18.8. The number of carbonyl (C=O) groups excluding carboxylic acids is 1. The SMILES string of the molecule is O=C(c1cccs1)c1c(O)nc(-c2ccccc2)n(-c2ccccc2)c1=O. The summed E-state index contributed by atoms with van der Waals surface area (Å²) < 4.78 is 1.36. The maximum absolute atomic E-state index is 13.3. The third-order valence-electron chi connectivity index (χ3n) is 4.08. The minimum atomic E-state index is -0.606. The molecule has 0 saturated carbocycles. The van der Waals surface area contributed by atoms with Gasteiger partial charge < -0.3 is 5.11 Å². The lowest BCUT2D eigenvalue weighted by Crippen LogP contribution is -2.28. The van der Waals surface area contributed by atoms with E-state index in [1.54, 1.807) is 53.9 Å². The van der Waals surface area contributed by atoms with Gasteiger partial charge in [0.2, 0.25) is 11.7 Å². The van der Waals surface area contributed by atoms with E-state index in [9.17, 15) is 14.7 Å². The van der Waals surface area contributed by atoms with Gasteiger partial charge in [0.15, 0.2) is 11.4 Å². The molecule has 27 heavy (non-hydrogen) atoms. The number of benzene rings is 2. The third kappa shape index (κ3) is 3.07. The molecule has 6 heteroatoms. The maximum atomic E-state index is 13.3. The van der Waals surface area contributed by atoms with Crippen LogP contribution in [0.25, 0.3) is 17.1 Å². The molecule has 5 nitrogen and oxygen atoms in total. The van der Waals surface area contributed by atoms with Crippen molar-refractivity contribution in [3.8, 4) is 23.0 Å². The number of ketones is 1. The van der Waals surface area contributed by atoms with Crippen molar-refractivity contribution in [2.75, 3.05) is 0 Å². The number of nitrogens with zero attached hydrogens (tertiary/aromatic N) is 2. The number of hydrogen-bond acceptors (Lipinski definition) is 5. The molecule has 0 aliphatic carbocycles. The van der Waals surface area contributed by atoms with Crippen molar-refractivity contribution in [1.82, 2.24) is 9.55 Å². The van der Waals surface area contributed by atoms with Crippen LogP contribution in [0.5, 0.6) is 5.88 Å². The highest BCUT2D eigenvalue weighted by molar-refractivity contribution is 7.12. The minimum Gasteiger partial charge on any atom is -0.493 e. The summed E-state index contributed by atoms with van der Waals surface area (Å²) in [6.07, 6.45) is 0. The first kappa shape index (κ1) is 16.9. The van der Waals surface area contributed by atoms with E-state index >= 15 is 0 Å². The van der Waals surface area contributed by atoms with Gasteiger partial charge in [-0.2, -0.15) is 4.98 Å². The topological polar surface area (TPSA) is 72.2 Å². The molecule has 0 fully saturated rings. The van der Waals surface area contributed by atoms with E-state index < -0.39 is 17.2 Å². The summed E-state index contributed by atoms with van der Waals surface area (Å²) in [5, 5.41) is 12.2. The van der Waals surface area contributed by atoms with Crippen molar-refractivity contribution in [2.24, 2.45) is 0 Å². The molecule has 2 heterocycles. The fraction of sp³-hybridized carbons (Fsp3) is 0. The van der Waals surface area contributed by atoms with Crippen LogP contribution in [0.2, 0.25) is 0 Å². The van der Waals surface area contributed by atoms with Crippen molar-refractivity contribution in [3.63, 3.8) is 0 Å². The van der Waals surface area contributed by atoms with E-state index in [-0.39, 0.29) is 11.4 Å². The van der Waals surface area contributed by atoms with Gasteiger partial charge >= 0.3 is 0 Å². The molecule has 2 aromatic carbocycles. The van der Waals surface area contributed by atoms with Crippen molar-refractivity contribution in [2.45, 2.75) is 0 Å². The van der Waals surface area contributed by atoms with Crippen molar-refractivity contribution < 1.29 is 9.90 Å². The molecule has 0 radical (unpaired) electrons. The predicted molar refractivity (Wildman–Crippen MR) is 105 cm³/mol. The summed E-state index contributed by atoms with van der Waals surface area (Å²) in [5.41, 5.74) is 0.282. The Morgan fingerprint density at radius 2 is 1.59 bits per heavy atom. The fourth-order valence-electron chi connectivity index (χ4n) is 2.84. The van der Waals surface area contributed by atoms with Crippen LogP contribution in [-0.2, 0) is 0 Å². The van der Waals surface area contributed by atoms with Crippen molar-refractivity contribution in [3.05, 3.63) is 99.0 Å². The average molecular weight is 374 g/mol. The molecule has 0 aliphatic heterocycles. The zero-order valence-corrected chi connectivity index (χ0v) is 14.9. The minimum absolute atomic E-state index is 0.270. The van der Waals surface area contributed by atoms with Crippen LogP contribution in [-0.4, -0.2) is 20.4 Å². The van der Waals surface area contributed by atoms with Gasteiger partial charge in [-0.05, 0) is 23.6 Å². The van der Waals surface area contributed by atoms with Gasteiger partial charge in [-0.15, -0.1) is 11.3 Å². The Balaban J connectivity index is 2.03. The van der Waals surface area contributed by atoms with Crippen molar-refractivity contribution >= 4 is 17.1 Å². The molecule has 132 valence electrons. The summed E-state index contributed by atoms with van der Waals surface area (Å²) in [6, 6.07) is 21.3. The third-order valence-corrected chi connectivity index (χ3v) is 4.95. The van der Waals surface area contributed by atoms with Crippen LogP contribution in [0, 0.1) is 0 Å². The summed E-state index contributed by atoms with van der Waals surface area (Å²) in [6.45, 7) is 0. The van der Waals surface area contributed by atoms with Crippen LogP contribution in [0.4, 0.5) is 0 Å². The average Bonchev–Trinajstić information content (AvgIpc) is 3.24. The molecule has 1 N–H and O–H groups in total. The van der Waals surface area contributed by atoms with E-state index in [1.165, 1.54) is 15.9 Å². The smallest absolute Gasteiger partial charge is 0.273 e. The second-order valence-corrected chi connectivity index (χ2v) is 6.73. The summed E-state index contributed by atoms with van der Waals surface area (Å²) in [5.74, 6) is -0.833. The lowest BCUT2D eigenvalue weighted by atomic mass is 10.1. The summed E-state index contributed by atoms with van der Waals surface area (Å²) in [7, 11) is 0. The molecular weight excluding hydrogens is 360 g/mol. The van der Waals surface area contributed by atoms with Gasteiger partial charge in [0.05, 0.1) is 10.6 Å². The Morgan fingerprint density at radius 3 is 2.22 bits per heavy atom. The van der Waals surface area contributed by atoms with Crippen LogP contribution >= 0.6 is 11.3 Å². The summed E-state index contributed by atoms with van der Waals surface area (Å²) in [4.78, 5) is 30.6. The predicted octanol–water partition coefficient (Wildman–Crippen LogP) is 3.90. The normalized spacial score (nSPS) is 10.7. The highest BCUT2D eigenvalue weighted by Crippen LogP contribution is 2.25. The Hall–Kier alpha value is -3.51. The van der Waals surface area contributed by atoms with Gasteiger partial charge in [0.1, 0.15) is 0 Å². The molecular formula is C21H14N2O3S. The molecule has 0 atom stereocenters. The Bertz CT molecular complexity index is 1150.